The fourth-order valence-corrected chi connectivity index (χ4v) is 4.83. The summed E-state index contributed by atoms with van der Waals surface area (Å²) in [4.78, 5) is 4.67. The summed E-state index contributed by atoms with van der Waals surface area (Å²) >= 11 is 7.31. The molecule has 0 heterocycles. The Kier molecular flexibility index (Phi) is 6.35. The van der Waals surface area contributed by atoms with Crippen LogP contribution in [0.3, 0.4) is 0 Å². The van der Waals surface area contributed by atoms with Gasteiger partial charge < -0.3 is 4.74 Å². The zero-order valence-corrected chi connectivity index (χ0v) is 20.0. The average Bonchev–Trinajstić information content (AvgIpc) is 2.74. The van der Waals surface area contributed by atoms with Crippen molar-refractivity contribution in [1.29, 1.82) is 0 Å². The summed E-state index contributed by atoms with van der Waals surface area (Å²) in [5, 5.41) is 2.43. The molecule has 0 spiro atoms. The van der Waals surface area contributed by atoms with Crippen LogP contribution in [0, 0.1) is 13.8 Å². The van der Waals surface area contributed by atoms with E-state index in [2.05, 4.69) is 99.2 Å². The third-order valence-corrected chi connectivity index (χ3v) is 6.38. The molecule has 0 unspecified atom stereocenters. The van der Waals surface area contributed by atoms with Gasteiger partial charge in [-0.2, -0.15) is 0 Å². The highest BCUT2D eigenvalue weighted by atomic mass is 79.9. The van der Waals surface area contributed by atoms with Crippen molar-refractivity contribution in [3.63, 3.8) is 0 Å². The van der Waals surface area contributed by atoms with Crippen molar-refractivity contribution in [3.8, 4) is 5.75 Å². The molecule has 0 amide bonds. The van der Waals surface area contributed by atoms with Gasteiger partial charge in [0.15, 0.2) is 0 Å². The Morgan fingerprint density at radius 2 is 1.57 bits per heavy atom. The molecule has 4 aromatic rings. The van der Waals surface area contributed by atoms with Crippen molar-refractivity contribution in [2.45, 2.75) is 20.5 Å². The predicted molar refractivity (Wildman–Crippen MR) is 133 cm³/mol. The maximum absolute atomic E-state index is 6.18. The molecular weight excluding hydrogens is 502 g/mol. The summed E-state index contributed by atoms with van der Waals surface area (Å²) in [6.45, 7) is 4.69. The molecule has 0 bridgehead atoms. The number of benzene rings is 4. The molecule has 4 aromatic carbocycles. The first-order valence-corrected chi connectivity index (χ1v) is 11.3. The number of nitrogens with zero attached hydrogens (tertiary/aromatic N) is 1. The second-order valence-electron chi connectivity index (χ2n) is 7.22. The summed E-state index contributed by atoms with van der Waals surface area (Å²) in [7, 11) is 0. The molecular formula is C26H21Br2NO. The van der Waals surface area contributed by atoms with Crippen LogP contribution in [0.25, 0.3) is 10.8 Å². The lowest BCUT2D eigenvalue weighted by Crippen LogP contribution is -1.98. The summed E-state index contributed by atoms with van der Waals surface area (Å²) in [5.41, 5.74) is 5.57. The van der Waals surface area contributed by atoms with Gasteiger partial charge in [0.05, 0.1) is 14.6 Å². The van der Waals surface area contributed by atoms with Gasteiger partial charge in [0, 0.05) is 6.21 Å². The topological polar surface area (TPSA) is 21.6 Å². The normalized spacial score (nSPS) is 11.3. The monoisotopic (exact) mass is 521 g/mol. The molecule has 0 atom stereocenters. The van der Waals surface area contributed by atoms with Crippen LogP contribution >= 0.6 is 31.9 Å². The number of rotatable bonds is 5. The molecule has 0 saturated heterocycles. The molecule has 0 fully saturated rings. The smallest absolute Gasteiger partial charge is 0.148 e. The van der Waals surface area contributed by atoms with Gasteiger partial charge in [0.2, 0.25) is 0 Å². The van der Waals surface area contributed by atoms with Gasteiger partial charge in [0.25, 0.3) is 0 Å². The zero-order valence-electron chi connectivity index (χ0n) is 16.8. The van der Waals surface area contributed by atoms with Crippen molar-refractivity contribution < 1.29 is 4.74 Å². The van der Waals surface area contributed by atoms with Crippen molar-refractivity contribution in [1.82, 2.24) is 0 Å². The van der Waals surface area contributed by atoms with Gasteiger partial charge in [-0.1, -0.05) is 54.6 Å². The Morgan fingerprint density at radius 1 is 0.867 bits per heavy atom. The van der Waals surface area contributed by atoms with Crippen LogP contribution in [-0.4, -0.2) is 6.21 Å². The predicted octanol–water partition coefficient (Wildman–Crippen LogP) is 8.31. The standard InChI is InChI=1S/C26H21Br2NO/c1-17-7-5-12-25(18(17)2)29-15-19-13-23(27)26(24(28)14-19)30-16-21-10-6-9-20-8-3-4-11-22(20)21/h3-15H,16H2,1-2H3. The molecule has 0 aromatic heterocycles. The highest BCUT2D eigenvalue weighted by Crippen LogP contribution is 2.35. The Labute approximate surface area is 193 Å². The Morgan fingerprint density at radius 3 is 2.37 bits per heavy atom. The van der Waals surface area contributed by atoms with Crippen LogP contribution < -0.4 is 4.74 Å². The van der Waals surface area contributed by atoms with Crippen molar-refractivity contribution >= 4 is 54.5 Å². The molecule has 0 aliphatic heterocycles. The number of ether oxygens (including phenoxy) is 1. The quantitative estimate of drug-likeness (QED) is 0.241. The highest BCUT2D eigenvalue weighted by molar-refractivity contribution is 9.11. The molecule has 30 heavy (non-hydrogen) atoms. The van der Waals surface area contributed by atoms with Gasteiger partial charge in [-0.05, 0) is 96.9 Å². The number of aryl methyl sites for hydroxylation is 1. The van der Waals surface area contributed by atoms with E-state index in [1.807, 2.05) is 30.5 Å². The van der Waals surface area contributed by atoms with Crippen molar-refractivity contribution in [2.24, 2.45) is 4.99 Å². The molecule has 2 nitrogen and oxygen atoms in total. The zero-order chi connectivity index (χ0) is 21.1. The summed E-state index contributed by atoms with van der Waals surface area (Å²) in [6, 6.07) is 24.9. The third-order valence-electron chi connectivity index (χ3n) is 5.20. The number of fused-ring (bicyclic) bond motifs is 1. The fourth-order valence-electron chi connectivity index (χ4n) is 3.38. The van der Waals surface area contributed by atoms with E-state index in [1.54, 1.807) is 0 Å². The van der Waals surface area contributed by atoms with Gasteiger partial charge in [0.1, 0.15) is 12.4 Å². The lowest BCUT2D eigenvalue weighted by Gasteiger charge is -2.13. The van der Waals surface area contributed by atoms with E-state index < -0.39 is 0 Å². The van der Waals surface area contributed by atoms with Crippen molar-refractivity contribution in [3.05, 3.63) is 104 Å². The Hall–Kier alpha value is -2.43. The lowest BCUT2D eigenvalue weighted by molar-refractivity contribution is 0.303. The van der Waals surface area contributed by atoms with E-state index in [0.29, 0.717) is 6.61 Å². The minimum atomic E-state index is 0.495. The van der Waals surface area contributed by atoms with E-state index in [9.17, 15) is 0 Å². The molecule has 150 valence electrons. The van der Waals surface area contributed by atoms with E-state index in [4.69, 9.17) is 4.74 Å². The largest absolute Gasteiger partial charge is 0.487 e. The maximum atomic E-state index is 6.18. The van der Waals surface area contributed by atoms with Crippen LogP contribution in [0.4, 0.5) is 5.69 Å². The van der Waals surface area contributed by atoms with Gasteiger partial charge in [-0.15, -0.1) is 0 Å². The van der Waals surface area contributed by atoms with Crippen LogP contribution in [0.1, 0.15) is 22.3 Å². The second-order valence-corrected chi connectivity index (χ2v) is 8.93. The average molecular weight is 523 g/mol. The third kappa shape index (κ3) is 4.50. The summed E-state index contributed by atoms with van der Waals surface area (Å²) < 4.78 is 7.95. The maximum Gasteiger partial charge on any atom is 0.148 e. The first-order chi connectivity index (χ1) is 14.5. The molecule has 0 saturated carbocycles. The molecule has 4 heteroatoms. The lowest BCUT2D eigenvalue weighted by atomic mass is 10.1. The minimum Gasteiger partial charge on any atom is -0.487 e. The highest BCUT2D eigenvalue weighted by Gasteiger charge is 2.10. The molecule has 4 rings (SSSR count). The Bertz CT molecular complexity index is 1220. The number of hydrogen-bond acceptors (Lipinski definition) is 2. The van der Waals surface area contributed by atoms with E-state index in [0.717, 1.165) is 31.5 Å². The summed E-state index contributed by atoms with van der Waals surface area (Å²) in [5.74, 6) is 0.784. The van der Waals surface area contributed by atoms with Crippen LogP contribution in [0.15, 0.2) is 86.7 Å². The number of hydrogen-bond donors (Lipinski definition) is 0. The fraction of sp³-hybridized carbons (Fsp3) is 0.115. The minimum absolute atomic E-state index is 0.495. The van der Waals surface area contributed by atoms with Crippen molar-refractivity contribution in [2.75, 3.05) is 0 Å². The molecule has 0 aliphatic rings. The van der Waals surface area contributed by atoms with Crippen LogP contribution in [-0.2, 0) is 6.61 Å². The number of halogens is 2. The SMILES string of the molecule is Cc1cccc(N=Cc2cc(Br)c(OCc3cccc4ccccc34)c(Br)c2)c1C. The summed E-state index contributed by atoms with van der Waals surface area (Å²) in [6.07, 6.45) is 1.88. The van der Waals surface area contributed by atoms with E-state index in [-0.39, 0.29) is 0 Å². The van der Waals surface area contributed by atoms with Gasteiger partial charge in [-0.3, -0.25) is 4.99 Å². The van der Waals surface area contributed by atoms with Crippen LogP contribution in [0.5, 0.6) is 5.75 Å². The van der Waals surface area contributed by atoms with E-state index >= 15 is 0 Å². The number of aliphatic imine (C=N–C) groups is 1. The molecule has 0 radical (unpaired) electrons. The second kappa shape index (κ2) is 9.15. The first kappa shape index (κ1) is 20.8. The molecule has 0 aliphatic carbocycles. The van der Waals surface area contributed by atoms with E-state index in [1.165, 1.54) is 21.9 Å². The first-order valence-electron chi connectivity index (χ1n) is 9.71. The van der Waals surface area contributed by atoms with Gasteiger partial charge >= 0.3 is 0 Å². The van der Waals surface area contributed by atoms with Gasteiger partial charge in [-0.25, -0.2) is 0 Å². The Balaban J connectivity index is 1.55. The molecule has 0 N–H and O–H groups in total. The van der Waals surface area contributed by atoms with Crippen LogP contribution in [0.2, 0.25) is 0 Å².